The molecule has 1 heterocycles. The number of rotatable bonds is 5. The molecule has 0 aliphatic carbocycles. The highest BCUT2D eigenvalue weighted by Crippen LogP contribution is 2.21. The first-order valence-electron chi connectivity index (χ1n) is 6.02. The first kappa shape index (κ1) is 15.5. The molecule has 2 rings (SSSR count). The van der Waals surface area contributed by atoms with E-state index in [1.165, 1.54) is 26.7 Å². The van der Waals surface area contributed by atoms with Crippen molar-refractivity contribution in [3.63, 3.8) is 0 Å². The van der Waals surface area contributed by atoms with Gasteiger partial charge in [-0.05, 0) is 34.5 Å². The van der Waals surface area contributed by atoms with Gasteiger partial charge in [0.15, 0.2) is 0 Å². The van der Waals surface area contributed by atoms with Gasteiger partial charge in [-0.15, -0.1) is 24.4 Å². The van der Waals surface area contributed by atoms with E-state index in [0.717, 1.165) is 16.8 Å². The second kappa shape index (κ2) is 7.23. The molecule has 0 atom stereocenters. The lowest BCUT2D eigenvalue weighted by atomic mass is 10.1. The molecule has 0 unspecified atom stereocenters. The minimum atomic E-state index is -0.278. The number of aryl methyl sites for hydroxylation is 2. The van der Waals surface area contributed by atoms with Crippen LogP contribution < -0.4 is 5.69 Å². The molecule has 0 amide bonds. The first-order chi connectivity index (χ1) is 10.1. The van der Waals surface area contributed by atoms with Gasteiger partial charge in [0.25, 0.3) is 0 Å². The Hall–Kier alpha value is -1.87. The van der Waals surface area contributed by atoms with Crippen molar-refractivity contribution in [1.82, 2.24) is 19.8 Å². The second-order valence-corrected chi connectivity index (χ2v) is 5.20. The van der Waals surface area contributed by atoms with E-state index >= 15 is 0 Å². The minimum absolute atomic E-state index is 0.278. The zero-order valence-electron chi connectivity index (χ0n) is 11.5. The van der Waals surface area contributed by atoms with Gasteiger partial charge in [0.1, 0.15) is 0 Å². The van der Waals surface area contributed by atoms with Crippen molar-refractivity contribution >= 4 is 35.5 Å². The van der Waals surface area contributed by atoms with Crippen molar-refractivity contribution in [2.75, 3.05) is 0 Å². The van der Waals surface area contributed by atoms with E-state index in [2.05, 4.69) is 33.3 Å². The molecule has 0 aliphatic rings. The predicted octanol–water partition coefficient (Wildman–Crippen LogP) is 1.41. The quantitative estimate of drug-likeness (QED) is 0.391. The summed E-state index contributed by atoms with van der Waals surface area (Å²) in [6.07, 6.45) is 0. The monoisotopic (exact) mass is 322 g/mol. The highest BCUT2D eigenvalue weighted by Gasteiger charge is 2.12. The molecule has 0 radical (unpaired) electrons. The van der Waals surface area contributed by atoms with Crippen LogP contribution in [0.15, 0.2) is 33.2 Å². The maximum absolute atomic E-state index is 12.0. The van der Waals surface area contributed by atoms with E-state index in [1.54, 1.807) is 12.6 Å². The summed E-state index contributed by atoms with van der Waals surface area (Å²) >= 11 is 5.29. The summed E-state index contributed by atoms with van der Waals surface area (Å²) in [6.45, 7) is 1.99. The van der Waals surface area contributed by atoms with Gasteiger partial charge in [-0.1, -0.05) is 12.1 Å². The lowest BCUT2D eigenvalue weighted by Crippen LogP contribution is -2.23. The van der Waals surface area contributed by atoms with Crippen molar-refractivity contribution in [3.05, 3.63) is 39.8 Å². The van der Waals surface area contributed by atoms with Gasteiger partial charge in [0.05, 0.1) is 16.8 Å². The van der Waals surface area contributed by atoms with Gasteiger partial charge < -0.3 is 0 Å². The van der Waals surface area contributed by atoms with E-state index in [1.807, 2.05) is 25.1 Å². The number of hydrogen-bond acceptors (Lipinski definition) is 6. The molecule has 1 aromatic carbocycles. The van der Waals surface area contributed by atoms with Crippen molar-refractivity contribution in [1.29, 1.82) is 0 Å². The van der Waals surface area contributed by atoms with E-state index in [-0.39, 0.29) is 5.69 Å². The van der Waals surface area contributed by atoms with Crippen LogP contribution in [0.1, 0.15) is 11.1 Å². The second-order valence-electron chi connectivity index (χ2n) is 4.13. The summed E-state index contributed by atoms with van der Waals surface area (Å²) in [4.78, 5) is 12.0. The topological polar surface area (TPSA) is 77.4 Å². The van der Waals surface area contributed by atoms with Crippen molar-refractivity contribution < 1.29 is 0 Å². The van der Waals surface area contributed by atoms with Crippen LogP contribution in [0.25, 0.3) is 5.69 Å². The normalized spacial score (nSPS) is 11.8. The molecule has 0 saturated carbocycles. The number of thioether (sulfide) groups is 1. The van der Waals surface area contributed by atoms with Gasteiger partial charge in [-0.3, -0.25) is 0 Å². The molecule has 1 aromatic heterocycles. The van der Waals surface area contributed by atoms with Crippen LogP contribution in [0.4, 0.5) is 0 Å². The Kier molecular flexibility index (Phi) is 5.34. The summed E-state index contributed by atoms with van der Waals surface area (Å²) in [5.74, 6) is 0.649. The zero-order chi connectivity index (χ0) is 15.2. The molecule has 0 saturated heterocycles. The maximum atomic E-state index is 12.0. The minimum Gasteiger partial charge on any atom is -0.244 e. The highest BCUT2D eigenvalue weighted by atomic mass is 32.2. The third-order valence-electron chi connectivity index (χ3n) is 2.80. The number of benzene rings is 1. The molecule has 0 bridgehead atoms. The molecule has 21 heavy (non-hydrogen) atoms. The molecule has 0 aliphatic heterocycles. The molecule has 0 fully saturated rings. The Bertz CT molecular complexity index is 734. The van der Waals surface area contributed by atoms with Gasteiger partial charge in [0.2, 0.25) is 0 Å². The van der Waals surface area contributed by atoms with Gasteiger partial charge in [0, 0.05) is 12.8 Å². The Balaban J connectivity index is 2.33. The molecular formula is C12H14N6OS2. The van der Waals surface area contributed by atoms with Crippen molar-refractivity contribution in [2.24, 2.45) is 17.3 Å². The Morgan fingerprint density at radius 2 is 2.19 bits per heavy atom. The maximum Gasteiger partial charge on any atom is 0.368 e. The fourth-order valence-corrected chi connectivity index (χ4v) is 2.55. The summed E-state index contributed by atoms with van der Waals surface area (Å²) in [7, 11) is 1.57. The van der Waals surface area contributed by atoms with Crippen LogP contribution in [-0.2, 0) is 12.8 Å². The first-order valence-corrected chi connectivity index (χ1v) is 7.58. The van der Waals surface area contributed by atoms with Crippen LogP contribution in [0, 0.1) is 6.92 Å². The number of aromatic nitrogens is 4. The summed E-state index contributed by atoms with van der Waals surface area (Å²) in [6, 6.07) is 5.73. The lowest BCUT2D eigenvalue weighted by Gasteiger charge is -2.09. The zero-order valence-corrected chi connectivity index (χ0v) is 13.3. The molecule has 2 aromatic rings. The Labute approximate surface area is 131 Å². The van der Waals surface area contributed by atoms with E-state index < -0.39 is 0 Å². The molecular weight excluding hydrogens is 308 g/mol. The summed E-state index contributed by atoms with van der Waals surface area (Å²) in [5.41, 5.74) is 5.47. The largest absolute Gasteiger partial charge is 0.368 e. The van der Waals surface area contributed by atoms with Gasteiger partial charge in [-0.2, -0.15) is 19.6 Å². The van der Waals surface area contributed by atoms with Crippen LogP contribution in [-0.4, -0.2) is 30.9 Å². The molecule has 7 nitrogen and oxygen atoms in total. The average Bonchev–Trinajstić information content (AvgIpc) is 2.80. The lowest BCUT2D eigenvalue weighted by molar-refractivity contribution is 0.692. The Morgan fingerprint density at radius 3 is 2.86 bits per heavy atom. The SMILES string of the molecule is Cc1cccc(-n2nnn(C)c2=O)c1CSC=N/N=C\S. The fraction of sp³-hybridized carbons (Fsp3) is 0.250. The van der Waals surface area contributed by atoms with Crippen LogP contribution >= 0.6 is 24.4 Å². The van der Waals surface area contributed by atoms with E-state index in [0.29, 0.717) is 5.75 Å². The van der Waals surface area contributed by atoms with E-state index in [9.17, 15) is 4.79 Å². The van der Waals surface area contributed by atoms with Crippen LogP contribution in [0.2, 0.25) is 0 Å². The van der Waals surface area contributed by atoms with Gasteiger partial charge in [-0.25, -0.2) is 4.79 Å². The van der Waals surface area contributed by atoms with Gasteiger partial charge >= 0.3 is 5.69 Å². The molecule has 0 N–H and O–H groups in total. The number of tetrazole rings is 1. The Morgan fingerprint density at radius 1 is 1.38 bits per heavy atom. The fourth-order valence-electron chi connectivity index (χ4n) is 1.75. The summed E-state index contributed by atoms with van der Waals surface area (Å²) in [5, 5.41) is 15.0. The molecule has 0 spiro atoms. The van der Waals surface area contributed by atoms with Crippen molar-refractivity contribution in [3.8, 4) is 5.69 Å². The van der Waals surface area contributed by atoms with Crippen LogP contribution in [0.5, 0.6) is 0 Å². The number of nitrogens with zero attached hydrogens (tertiary/aromatic N) is 6. The van der Waals surface area contributed by atoms with Crippen molar-refractivity contribution in [2.45, 2.75) is 12.7 Å². The average molecular weight is 322 g/mol. The standard InChI is InChI=1S/C12H14N6OS2/c1-9-4-3-5-11(18-12(19)17(2)15-16-18)10(9)6-21-8-14-13-7-20/h3-5,7-8H,6H2,1-2H3,(H,13,20). The van der Waals surface area contributed by atoms with Crippen LogP contribution in [0.3, 0.4) is 0 Å². The third-order valence-corrected chi connectivity index (χ3v) is 3.60. The third kappa shape index (κ3) is 3.61. The summed E-state index contributed by atoms with van der Waals surface area (Å²) < 4.78 is 2.49. The molecule has 110 valence electrons. The number of thiol groups is 1. The predicted molar refractivity (Wildman–Crippen MR) is 88.6 cm³/mol. The number of hydrogen-bond donors (Lipinski definition) is 1. The highest BCUT2D eigenvalue weighted by molar-refractivity contribution is 8.11. The smallest absolute Gasteiger partial charge is 0.244 e. The van der Waals surface area contributed by atoms with E-state index in [4.69, 9.17) is 0 Å². The molecule has 9 heteroatoms.